The fourth-order valence-corrected chi connectivity index (χ4v) is 3.90. The van der Waals surface area contributed by atoms with Gasteiger partial charge in [0.05, 0.1) is 16.8 Å². The second-order valence-corrected chi connectivity index (χ2v) is 8.04. The zero-order chi connectivity index (χ0) is 21.8. The Kier molecular flexibility index (Phi) is 6.80. The van der Waals surface area contributed by atoms with Crippen LogP contribution in [-0.2, 0) is 16.1 Å². The maximum absolute atomic E-state index is 12.8. The smallest absolute Gasteiger partial charge is 0.338 e. The lowest BCUT2D eigenvalue weighted by Crippen LogP contribution is -2.51. The van der Waals surface area contributed by atoms with E-state index < -0.39 is 12.1 Å². The minimum absolute atomic E-state index is 0.137. The standard InChI is InChI=1S/C23H30N2O5/c1-14-7-6-8-15(2)25(14)22(26)18(5)29-23(27)19-9-11-20(12-10-19)28-13-21-16(3)24-30-17(21)4/h9-12,14-15,18H,6-8,13H2,1-5H3/t14-,15-,18+/m0/s1. The number of benzene rings is 1. The molecule has 3 rings (SSSR count). The van der Waals surface area contributed by atoms with E-state index in [9.17, 15) is 9.59 Å². The minimum atomic E-state index is -0.823. The highest BCUT2D eigenvalue weighted by Crippen LogP contribution is 2.24. The van der Waals surface area contributed by atoms with Crippen LogP contribution in [0.2, 0.25) is 0 Å². The summed E-state index contributed by atoms with van der Waals surface area (Å²) in [5, 5.41) is 3.90. The van der Waals surface area contributed by atoms with Gasteiger partial charge in [-0.05, 0) is 78.1 Å². The number of rotatable bonds is 6. The van der Waals surface area contributed by atoms with Gasteiger partial charge in [-0.1, -0.05) is 5.16 Å². The van der Waals surface area contributed by atoms with Crippen LogP contribution in [-0.4, -0.2) is 40.1 Å². The predicted octanol–water partition coefficient (Wildman–Crippen LogP) is 4.21. The number of piperidine rings is 1. The quantitative estimate of drug-likeness (QED) is 0.659. The molecule has 30 heavy (non-hydrogen) atoms. The maximum Gasteiger partial charge on any atom is 0.338 e. The molecule has 1 saturated heterocycles. The largest absolute Gasteiger partial charge is 0.489 e. The fraction of sp³-hybridized carbons (Fsp3) is 0.522. The third-order valence-corrected chi connectivity index (χ3v) is 5.73. The van der Waals surface area contributed by atoms with E-state index in [0.717, 1.165) is 36.3 Å². The van der Waals surface area contributed by atoms with Crippen molar-refractivity contribution in [2.75, 3.05) is 0 Å². The maximum atomic E-state index is 12.8. The molecule has 0 radical (unpaired) electrons. The number of aromatic nitrogens is 1. The fourth-order valence-electron chi connectivity index (χ4n) is 3.90. The van der Waals surface area contributed by atoms with Crippen molar-refractivity contribution in [3.8, 4) is 5.75 Å². The van der Waals surface area contributed by atoms with Gasteiger partial charge >= 0.3 is 5.97 Å². The molecule has 1 aliphatic heterocycles. The van der Waals surface area contributed by atoms with Crippen molar-refractivity contribution < 1.29 is 23.6 Å². The number of esters is 1. The van der Waals surface area contributed by atoms with Gasteiger partial charge in [-0.3, -0.25) is 4.79 Å². The van der Waals surface area contributed by atoms with Crippen LogP contribution in [0.5, 0.6) is 5.75 Å². The molecule has 1 aliphatic rings. The van der Waals surface area contributed by atoms with Crippen molar-refractivity contribution in [2.45, 2.75) is 78.7 Å². The Morgan fingerprint density at radius 3 is 2.37 bits per heavy atom. The first-order chi connectivity index (χ1) is 14.3. The minimum Gasteiger partial charge on any atom is -0.489 e. The van der Waals surface area contributed by atoms with Gasteiger partial charge in [0.2, 0.25) is 0 Å². The molecule has 7 heteroatoms. The van der Waals surface area contributed by atoms with Crippen molar-refractivity contribution in [3.63, 3.8) is 0 Å². The van der Waals surface area contributed by atoms with E-state index in [0.29, 0.717) is 17.9 Å². The van der Waals surface area contributed by atoms with Crippen LogP contribution in [0, 0.1) is 13.8 Å². The monoisotopic (exact) mass is 414 g/mol. The molecular formula is C23H30N2O5. The summed E-state index contributed by atoms with van der Waals surface area (Å²) in [5.41, 5.74) is 2.08. The third-order valence-electron chi connectivity index (χ3n) is 5.73. The Labute approximate surface area is 177 Å². The molecule has 7 nitrogen and oxygen atoms in total. The summed E-state index contributed by atoms with van der Waals surface area (Å²) in [4.78, 5) is 27.2. The van der Waals surface area contributed by atoms with Crippen LogP contribution < -0.4 is 4.74 Å². The molecule has 1 amide bonds. The zero-order valence-electron chi connectivity index (χ0n) is 18.3. The first-order valence-corrected chi connectivity index (χ1v) is 10.5. The third kappa shape index (κ3) is 4.83. The Morgan fingerprint density at radius 1 is 1.17 bits per heavy atom. The van der Waals surface area contributed by atoms with Crippen LogP contribution in [0.1, 0.15) is 67.4 Å². The second kappa shape index (κ2) is 9.32. The Balaban J connectivity index is 1.57. The number of aryl methyl sites for hydroxylation is 2. The highest BCUT2D eigenvalue weighted by molar-refractivity contribution is 5.92. The summed E-state index contributed by atoms with van der Waals surface area (Å²) in [5.74, 6) is 0.684. The Bertz CT molecular complexity index is 860. The van der Waals surface area contributed by atoms with E-state index in [1.807, 2.05) is 32.6 Å². The number of carbonyl (C=O) groups is 2. The van der Waals surface area contributed by atoms with Gasteiger partial charge in [-0.15, -0.1) is 0 Å². The van der Waals surface area contributed by atoms with Crippen molar-refractivity contribution in [2.24, 2.45) is 0 Å². The molecule has 1 aromatic carbocycles. The Hall–Kier alpha value is -2.83. The van der Waals surface area contributed by atoms with Crippen LogP contribution in [0.4, 0.5) is 0 Å². The molecule has 162 valence electrons. The lowest BCUT2D eigenvalue weighted by molar-refractivity contribution is -0.146. The van der Waals surface area contributed by atoms with Crippen molar-refractivity contribution in [1.29, 1.82) is 0 Å². The van der Waals surface area contributed by atoms with Gasteiger partial charge in [0.25, 0.3) is 5.91 Å². The van der Waals surface area contributed by atoms with Gasteiger partial charge in [-0.25, -0.2) is 4.79 Å². The van der Waals surface area contributed by atoms with Crippen molar-refractivity contribution in [3.05, 3.63) is 46.8 Å². The number of hydrogen-bond donors (Lipinski definition) is 0. The normalized spacial score (nSPS) is 20.0. The molecular weight excluding hydrogens is 384 g/mol. The molecule has 1 fully saturated rings. The molecule has 0 saturated carbocycles. The topological polar surface area (TPSA) is 81.9 Å². The van der Waals surface area contributed by atoms with Crippen LogP contribution in [0.25, 0.3) is 0 Å². The summed E-state index contributed by atoms with van der Waals surface area (Å²) in [6.45, 7) is 9.76. The summed E-state index contributed by atoms with van der Waals surface area (Å²) < 4.78 is 16.3. The van der Waals surface area contributed by atoms with Crippen LogP contribution >= 0.6 is 0 Å². The van der Waals surface area contributed by atoms with E-state index in [4.69, 9.17) is 14.0 Å². The van der Waals surface area contributed by atoms with E-state index in [2.05, 4.69) is 5.16 Å². The average Bonchev–Trinajstić information content (AvgIpc) is 3.04. The molecule has 2 aromatic rings. The SMILES string of the molecule is Cc1noc(C)c1COc1ccc(C(=O)O[C@H](C)C(=O)N2[C@@H](C)CCC[C@@H]2C)cc1. The molecule has 0 unspecified atom stereocenters. The molecule has 3 atom stereocenters. The van der Waals surface area contributed by atoms with E-state index >= 15 is 0 Å². The number of likely N-dealkylation sites (tertiary alicyclic amines) is 1. The highest BCUT2D eigenvalue weighted by Gasteiger charge is 2.33. The number of ether oxygens (including phenoxy) is 2. The highest BCUT2D eigenvalue weighted by atomic mass is 16.5. The first-order valence-electron chi connectivity index (χ1n) is 10.5. The van der Waals surface area contributed by atoms with Gasteiger partial charge in [0, 0.05) is 12.1 Å². The number of hydrogen-bond acceptors (Lipinski definition) is 6. The average molecular weight is 415 g/mol. The second-order valence-electron chi connectivity index (χ2n) is 8.04. The predicted molar refractivity (Wildman–Crippen MR) is 111 cm³/mol. The van der Waals surface area contributed by atoms with Crippen molar-refractivity contribution >= 4 is 11.9 Å². The first kappa shape index (κ1) is 21.9. The summed E-state index contributed by atoms with van der Waals surface area (Å²) >= 11 is 0. The Morgan fingerprint density at radius 2 is 1.80 bits per heavy atom. The van der Waals surface area contributed by atoms with Crippen LogP contribution in [0.15, 0.2) is 28.8 Å². The van der Waals surface area contributed by atoms with E-state index in [-0.39, 0.29) is 18.0 Å². The van der Waals surface area contributed by atoms with Gasteiger partial charge in [-0.2, -0.15) is 0 Å². The number of amides is 1. The van der Waals surface area contributed by atoms with Crippen molar-refractivity contribution in [1.82, 2.24) is 10.1 Å². The van der Waals surface area contributed by atoms with Gasteiger partial charge in [0.15, 0.2) is 6.10 Å². The zero-order valence-corrected chi connectivity index (χ0v) is 18.3. The molecule has 0 N–H and O–H groups in total. The lowest BCUT2D eigenvalue weighted by Gasteiger charge is -2.40. The van der Waals surface area contributed by atoms with Gasteiger partial charge < -0.3 is 18.9 Å². The molecule has 2 heterocycles. The summed E-state index contributed by atoms with van der Waals surface area (Å²) in [6, 6.07) is 7.00. The number of nitrogens with zero attached hydrogens (tertiary/aromatic N) is 2. The summed E-state index contributed by atoms with van der Waals surface area (Å²) in [6.07, 6.45) is 2.25. The molecule has 0 bridgehead atoms. The number of carbonyl (C=O) groups excluding carboxylic acids is 2. The van der Waals surface area contributed by atoms with E-state index in [1.165, 1.54) is 0 Å². The molecule has 0 spiro atoms. The molecule has 1 aromatic heterocycles. The lowest BCUT2D eigenvalue weighted by atomic mass is 9.97. The van der Waals surface area contributed by atoms with Gasteiger partial charge in [0.1, 0.15) is 18.1 Å². The van der Waals surface area contributed by atoms with E-state index in [1.54, 1.807) is 31.2 Å². The molecule has 0 aliphatic carbocycles. The van der Waals surface area contributed by atoms with Crippen LogP contribution in [0.3, 0.4) is 0 Å². The summed E-state index contributed by atoms with van der Waals surface area (Å²) in [7, 11) is 0.